The zero-order valence-electron chi connectivity index (χ0n) is 39.4. The van der Waals surface area contributed by atoms with Crippen molar-refractivity contribution in [2.75, 3.05) is 9.80 Å². The average Bonchev–Trinajstić information content (AvgIpc) is 3.89. The van der Waals surface area contributed by atoms with Crippen molar-refractivity contribution in [2.45, 2.75) is 19.9 Å². The van der Waals surface area contributed by atoms with Crippen molar-refractivity contribution in [3.63, 3.8) is 0 Å². The van der Waals surface area contributed by atoms with E-state index in [1.54, 1.807) is 0 Å². The second-order valence-electron chi connectivity index (χ2n) is 18.4. The topological polar surface area (TPSA) is 32.8 Å². The maximum atomic E-state index is 6.93. The summed E-state index contributed by atoms with van der Waals surface area (Å²) in [5.74, 6) is 7.24. The second kappa shape index (κ2) is 17.0. The molecule has 0 amide bonds. The van der Waals surface area contributed by atoms with E-state index in [2.05, 4.69) is 230 Å². The van der Waals surface area contributed by atoms with E-state index >= 15 is 0 Å². The summed E-state index contributed by atoms with van der Waals surface area (Å²) >= 11 is 0. The van der Waals surface area contributed by atoms with Gasteiger partial charge in [-0.3, -0.25) is 0 Å². The van der Waals surface area contributed by atoms with Crippen molar-refractivity contribution in [1.82, 2.24) is 0 Å². The number of furan rings is 2. The Balaban J connectivity index is 1.14. The zero-order chi connectivity index (χ0) is 47.6. The molecule has 1 unspecified atom stereocenters. The quantitative estimate of drug-likeness (QED) is 0.0777. The number of aryl methyl sites for hydroxylation is 1. The third kappa shape index (κ3) is 7.01. The van der Waals surface area contributed by atoms with Gasteiger partial charge in [-0.25, -0.2) is 0 Å². The number of benzene rings is 10. The molecule has 0 fully saturated rings. The molecule has 13 rings (SSSR count). The average molecular weight is 911 g/mol. The fourth-order valence-corrected chi connectivity index (χ4v) is 10.8. The largest absolute Gasteiger partial charge is 0.454 e. The number of hydrogen-bond donors (Lipinski definition) is 0. The third-order valence-electron chi connectivity index (χ3n) is 14.1. The van der Waals surface area contributed by atoms with Gasteiger partial charge in [0.15, 0.2) is 11.2 Å². The minimum Gasteiger partial charge on any atom is -0.454 e. The van der Waals surface area contributed by atoms with Crippen molar-refractivity contribution < 1.29 is 8.83 Å². The van der Waals surface area contributed by atoms with Gasteiger partial charge in [0, 0.05) is 43.4 Å². The summed E-state index contributed by atoms with van der Waals surface area (Å²) in [6.07, 6.45) is 12.8. The van der Waals surface area contributed by atoms with E-state index in [9.17, 15) is 0 Å². The second-order valence-corrected chi connectivity index (χ2v) is 18.4. The molecule has 1 atom stereocenters. The third-order valence-corrected chi connectivity index (χ3v) is 14.1. The molecule has 1 aliphatic rings. The van der Waals surface area contributed by atoms with Crippen LogP contribution >= 0.6 is 0 Å². The first kappa shape index (κ1) is 41.9. The first-order valence-corrected chi connectivity index (χ1v) is 24.1. The van der Waals surface area contributed by atoms with E-state index in [1.807, 2.05) is 36.4 Å². The first-order chi connectivity index (χ1) is 35.0. The van der Waals surface area contributed by atoms with Crippen LogP contribution in [0, 0.1) is 18.8 Å². The van der Waals surface area contributed by atoms with E-state index in [1.165, 1.54) is 27.1 Å². The summed E-state index contributed by atoms with van der Waals surface area (Å²) in [7, 11) is 0. The molecule has 10 aromatic carbocycles. The Morgan fingerprint density at radius 3 is 1.82 bits per heavy atom. The van der Waals surface area contributed by atoms with Crippen LogP contribution in [0.15, 0.2) is 246 Å². The minimum atomic E-state index is -0.410. The van der Waals surface area contributed by atoms with Gasteiger partial charge in [-0.2, -0.15) is 0 Å². The van der Waals surface area contributed by atoms with Gasteiger partial charge in [0.25, 0.3) is 0 Å². The highest BCUT2D eigenvalue weighted by Gasteiger charge is 2.29. The minimum absolute atomic E-state index is 0.410. The molecular formula is C67H46N2O2. The molecule has 336 valence electrons. The van der Waals surface area contributed by atoms with Crippen molar-refractivity contribution in [3.8, 4) is 11.8 Å². The molecule has 4 nitrogen and oxygen atoms in total. The predicted molar refractivity (Wildman–Crippen MR) is 300 cm³/mol. The molecule has 1 aliphatic carbocycles. The van der Waals surface area contributed by atoms with E-state index in [-0.39, 0.29) is 0 Å². The number of fused-ring (bicyclic) bond motifs is 6. The van der Waals surface area contributed by atoms with Gasteiger partial charge < -0.3 is 18.6 Å². The maximum Gasteiger partial charge on any atom is 0.159 e. The number of hydrogen-bond acceptors (Lipinski definition) is 4. The Morgan fingerprint density at radius 2 is 1.14 bits per heavy atom. The van der Waals surface area contributed by atoms with E-state index in [0.717, 1.165) is 105 Å². The van der Waals surface area contributed by atoms with Crippen LogP contribution in [-0.4, -0.2) is 6.04 Å². The number of para-hydroxylation sites is 4. The van der Waals surface area contributed by atoms with Crippen molar-refractivity contribution in [3.05, 3.63) is 253 Å². The lowest BCUT2D eigenvalue weighted by Crippen LogP contribution is -2.29. The molecule has 2 heterocycles. The summed E-state index contributed by atoms with van der Waals surface area (Å²) < 4.78 is 13.8. The molecule has 12 aromatic rings. The zero-order valence-corrected chi connectivity index (χ0v) is 39.4. The van der Waals surface area contributed by atoms with Crippen LogP contribution in [0.25, 0.3) is 87.3 Å². The lowest BCUT2D eigenvalue weighted by Gasteiger charge is -2.34. The van der Waals surface area contributed by atoms with E-state index < -0.39 is 6.04 Å². The van der Waals surface area contributed by atoms with Crippen LogP contribution in [0.3, 0.4) is 0 Å². The predicted octanol–water partition coefficient (Wildman–Crippen LogP) is 18.2. The highest BCUT2D eigenvalue weighted by Crippen LogP contribution is 2.51. The normalized spacial score (nSPS) is 14.2. The van der Waals surface area contributed by atoms with Gasteiger partial charge in [0.05, 0.1) is 22.7 Å². The van der Waals surface area contributed by atoms with Crippen molar-refractivity contribution >= 4 is 110 Å². The molecule has 0 radical (unpaired) electrons. The molecule has 0 bridgehead atoms. The van der Waals surface area contributed by atoms with Crippen LogP contribution in [0.5, 0.6) is 0 Å². The Hall–Kier alpha value is -9.30. The molecule has 4 heteroatoms. The molecule has 0 saturated heterocycles. The Morgan fingerprint density at radius 1 is 0.549 bits per heavy atom. The standard InChI is InChI=1S/C67H46N2O2/c1-4-45(46-18-7-5-8-19-46)33-32-44(3)68(58-28-16-26-54-52-24-11-13-30-62(52)70-66(54)58)60-42-61(57-39-36-50-41-43(2)40-49-35-38-56(60)65(57)64(49)50)69(51-23-15-22-48(34-37-51)47-20-9-6-10-21-47)59-29-17-27-55-53-25-12-14-31-63(53)71-67(55)59/h4-14,16-22,24-42,51H,1H2,2-3H3/b44-32+,45-33+. The van der Waals surface area contributed by atoms with Crippen LogP contribution in [0.1, 0.15) is 23.6 Å². The van der Waals surface area contributed by atoms with E-state index in [4.69, 9.17) is 8.83 Å². The monoisotopic (exact) mass is 910 g/mol. The number of nitrogens with zero attached hydrogens (tertiary/aromatic N) is 2. The molecule has 0 spiro atoms. The van der Waals surface area contributed by atoms with Gasteiger partial charge in [-0.1, -0.05) is 194 Å². The Kier molecular flexibility index (Phi) is 10.0. The molecule has 2 aromatic heterocycles. The molecule has 71 heavy (non-hydrogen) atoms. The molecular weight excluding hydrogens is 865 g/mol. The van der Waals surface area contributed by atoms with Crippen LogP contribution in [0.2, 0.25) is 0 Å². The van der Waals surface area contributed by atoms with Crippen molar-refractivity contribution in [2.24, 2.45) is 0 Å². The lowest BCUT2D eigenvalue weighted by atomic mass is 9.90. The number of allylic oxidation sites excluding steroid dienone is 8. The van der Waals surface area contributed by atoms with Gasteiger partial charge in [0.1, 0.15) is 17.2 Å². The molecule has 0 N–H and O–H groups in total. The Labute approximate surface area is 412 Å². The van der Waals surface area contributed by atoms with Crippen LogP contribution in [-0.2, 0) is 0 Å². The fourth-order valence-electron chi connectivity index (χ4n) is 10.8. The lowest BCUT2D eigenvalue weighted by molar-refractivity contribution is 0.667. The van der Waals surface area contributed by atoms with Gasteiger partial charge in [0.2, 0.25) is 0 Å². The SMILES string of the molecule is C=C/C(=C\C=C(/C)N(c1cc(N(c2cccc3c2oc2ccccc23)C2C#CC=C(c3ccccc3)C=C2)c2ccc3cc(C)cc4ccc1c2c43)c1cccc2c1oc1ccccc12)c1ccccc1. The number of anilines is 4. The summed E-state index contributed by atoms with van der Waals surface area (Å²) in [4.78, 5) is 4.79. The van der Waals surface area contributed by atoms with E-state index in [0.29, 0.717) is 0 Å². The highest BCUT2D eigenvalue weighted by molar-refractivity contribution is 6.29. The van der Waals surface area contributed by atoms with Gasteiger partial charge in [-0.15, -0.1) is 0 Å². The van der Waals surface area contributed by atoms with Gasteiger partial charge >= 0.3 is 0 Å². The van der Waals surface area contributed by atoms with Gasteiger partial charge in [-0.05, 0) is 106 Å². The molecule has 0 saturated carbocycles. The summed E-state index contributed by atoms with van der Waals surface area (Å²) in [6.45, 7) is 8.61. The van der Waals surface area contributed by atoms with Crippen LogP contribution < -0.4 is 9.80 Å². The smallest absolute Gasteiger partial charge is 0.159 e. The van der Waals surface area contributed by atoms with Crippen molar-refractivity contribution in [1.29, 1.82) is 0 Å². The summed E-state index contributed by atoms with van der Waals surface area (Å²) in [6, 6.07) is 66.2. The maximum absolute atomic E-state index is 6.93. The first-order valence-electron chi connectivity index (χ1n) is 24.1. The summed E-state index contributed by atoms with van der Waals surface area (Å²) in [5, 5.41) is 11.2. The molecule has 0 aliphatic heterocycles. The highest BCUT2D eigenvalue weighted by atomic mass is 16.3. The number of rotatable bonds is 10. The van der Waals surface area contributed by atoms with Crippen LogP contribution in [0.4, 0.5) is 22.7 Å². The fraction of sp³-hybridized carbons (Fsp3) is 0.0448. The summed E-state index contributed by atoms with van der Waals surface area (Å²) in [5.41, 5.74) is 13.6. The Bertz CT molecular complexity index is 4270.